The van der Waals surface area contributed by atoms with Gasteiger partial charge in [-0.1, -0.05) is 29.4 Å². The van der Waals surface area contributed by atoms with Gasteiger partial charge in [0.05, 0.1) is 18.2 Å². The van der Waals surface area contributed by atoms with Gasteiger partial charge in [-0.25, -0.2) is 4.39 Å². The molecule has 1 fully saturated rings. The zero-order chi connectivity index (χ0) is 22.4. The van der Waals surface area contributed by atoms with Crippen molar-refractivity contribution in [3.8, 4) is 5.75 Å². The Bertz CT molecular complexity index is 955. The van der Waals surface area contributed by atoms with Crippen molar-refractivity contribution in [1.29, 1.82) is 0 Å². The summed E-state index contributed by atoms with van der Waals surface area (Å²) >= 11 is 0. The SMILES string of the molecule is COc1ccccc1C1=NO[C@@H](CC2(C(=O)NCCc3ccc(F)cc3)CCOCC2)C1. The molecule has 2 aliphatic rings. The van der Waals surface area contributed by atoms with Crippen LogP contribution in [0.1, 0.15) is 36.8 Å². The van der Waals surface area contributed by atoms with E-state index in [1.165, 1.54) is 12.1 Å². The number of carbonyl (C=O) groups is 1. The molecule has 1 saturated heterocycles. The van der Waals surface area contributed by atoms with E-state index in [0.29, 0.717) is 51.9 Å². The van der Waals surface area contributed by atoms with Crippen molar-refractivity contribution in [1.82, 2.24) is 5.32 Å². The van der Waals surface area contributed by atoms with E-state index in [-0.39, 0.29) is 17.8 Å². The van der Waals surface area contributed by atoms with E-state index in [4.69, 9.17) is 14.3 Å². The molecule has 4 rings (SSSR count). The Morgan fingerprint density at radius 2 is 1.94 bits per heavy atom. The summed E-state index contributed by atoms with van der Waals surface area (Å²) in [6.07, 6.45) is 3.00. The van der Waals surface area contributed by atoms with Gasteiger partial charge in [-0.2, -0.15) is 0 Å². The molecule has 2 aliphatic heterocycles. The van der Waals surface area contributed by atoms with Gasteiger partial charge in [0.25, 0.3) is 0 Å². The van der Waals surface area contributed by atoms with Crippen LogP contribution in [0, 0.1) is 11.2 Å². The first-order valence-electron chi connectivity index (χ1n) is 11.1. The number of ether oxygens (including phenoxy) is 2. The highest BCUT2D eigenvalue weighted by Gasteiger charge is 2.43. The summed E-state index contributed by atoms with van der Waals surface area (Å²) in [7, 11) is 1.64. The lowest BCUT2D eigenvalue weighted by Gasteiger charge is -2.37. The van der Waals surface area contributed by atoms with Crippen LogP contribution in [0.15, 0.2) is 53.7 Å². The Morgan fingerprint density at radius 3 is 2.69 bits per heavy atom. The third kappa shape index (κ3) is 5.10. The predicted octanol–water partition coefficient (Wildman–Crippen LogP) is 3.87. The number of benzene rings is 2. The molecule has 0 bridgehead atoms. The van der Waals surface area contributed by atoms with Gasteiger partial charge in [-0.3, -0.25) is 4.79 Å². The second-order valence-corrected chi connectivity index (χ2v) is 8.40. The monoisotopic (exact) mass is 440 g/mol. The summed E-state index contributed by atoms with van der Waals surface area (Å²) < 4.78 is 24.1. The maximum Gasteiger partial charge on any atom is 0.226 e. The molecule has 7 heteroatoms. The first-order chi connectivity index (χ1) is 15.6. The molecule has 1 N–H and O–H groups in total. The average molecular weight is 441 g/mol. The minimum absolute atomic E-state index is 0.0252. The second kappa shape index (κ2) is 10.1. The van der Waals surface area contributed by atoms with Crippen molar-refractivity contribution in [3.05, 3.63) is 65.5 Å². The van der Waals surface area contributed by atoms with Crippen LogP contribution < -0.4 is 10.1 Å². The third-order valence-electron chi connectivity index (χ3n) is 6.31. The van der Waals surface area contributed by atoms with Gasteiger partial charge in [0.2, 0.25) is 5.91 Å². The Morgan fingerprint density at radius 1 is 1.19 bits per heavy atom. The topological polar surface area (TPSA) is 69.2 Å². The van der Waals surface area contributed by atoms with Crippen LogP contribution in [0.3, 0.4) is 0 Å². The summed E-state index contributed by atoms with van der Waals surface area (Å²) in [6.45, 7) is 1.61. The summed E-state index contributed by atoms with van der Waals surface area (Å²) in [5, 5.41) is 7.39. The van der Waals surface area contributed by atoms with Crippen molar-refractivity contribution in [2.45, 2.75) is 38.2 Å². The Hall–Kier alpha value is -2.93. The average Bonchev–Trinajstić information content (AvgIpc) is 3.29. The fraction of sp³-hybridized carbons (Fsp3) is 0.440. The van der Waals surface area contributed by atoms with E-state index >= 15 is 0 Å². The molecule has 0 saturated carbocycles. The molecular weight excluding hydrogens is 411 g/mol. The molecule has 2 aromatic rings. The van der Waals surface area contributed by atoms with Crippen LogP contribution in [-0.4, -0.2) is 44.6 Å². The summed E-state index contributed by atoms with van der Waals surface area (Å²) in [6, 6.07) is 14.1. The third-order valence-corrected chi connectivity index (χ3v) is 6.31. The van der Waals surface area contributed by atoms with Gasteiger partial charge >= 0.3 is 0 Å². The van der Waals surface area contributed by atoms with Crippen molar-refractivity contribution >= 4 is 11.6 Å². The fourth-order valence-electron chi connectivity index (χ4n) is 4.46. The lowest BCUT2D eigenvalue weighted by Crippen LogP contribution is -2.47. The molecule has 170 valence electrons. The highest BCUT2D eigenvalue weighted by molar-refractivity contribution is 6.03. The van der Waals surface area contributed by atoms with Crippen molar-refractivity contribution in [2.24, 2.45) is 10.6 Å². The standard InChI is InChI=1S/C25H29FN2O4/c1-30-23-5-3-2-4-21(23)22-16-20(32-28-22)17-25(11-14-31-15-12-25)24(29)27-13-10-18-6-8-19(26)9-7-18/h2-9,20H,10-17H2,1H3,(H,27,29)/t20-/m1/s1. The normalized spacial score (nSPS) is 19.7. The van der Waals surface area contributed by atoms with E-state index in [9.17, 15) is 9.18 Å². The fourth-order valence-corrected chi connectivity index (χ4v) is 4.46. The zero-order valence-electron chi connectivity index (χ0n) is 18.3. The molecule has 0 aliphatic carbocycles. The second-order valence-electron chi connectivity index (χ2n) is 8.40. The number of oxime groups is 1. The van der Waals surface area contributed by atoms with Gasteiger partial charge in [-0.15, -0.1) is 0 Å². The number of nitrogens with one attached hydrogen (secondary N) is 1. The molecule has 6 nitrogen and oxygen atoms in total. The zero-order valence-corrected chi connectivity index (χ0v) is 18.3. The molecule has 0 spiro atoms. The van der Waals surface area contributed by atoms with Gasteiger partial charge in [-0.05, 0) is 49.1 Å². The summed E-state index contributed by atoms with van der Waals surface area (Å²) in [5.74, 6) is 0.525. The quantitative estimate of drug-likeness (QED) is 0.677. The molecule has 2 aromatic carbocycles. The number of nitrogens with zero attached hydrogens (tertiary/aromatic N) is 1. The number of amides is 1. The van der Waals surface area contributed by atoms with E-state index in [1.807, 2.05) is 24.3 Å². The molecule has 0 unspecified atom stereocenters. The maximum atomic E-state index is 13.3. The number of hydrogen-bond donors (Lipinski definition) is 1. The predicted molar refractivity (Wildman–Crippen MR) is 119 cm³/mol. The number of carbonyl (C=O) groups excluding carboxylic acids is 1. The highest BCUT2D eigenvalue weighted by atomic mass is 19.1. The Kier molecular flexibility index (Phi) is 7.05. The highest BCUT2D eigenvalue weighted by Crippen LogP contribution is 2.39. The molecule has 32 heavy (non-hydrogen) atoms. The van der Waals surface area contributed by atoms with E-state index in [2.05, 4.69) is 10.5 Å². The van der Waals surface area contributed by atoms with E-state index in [0.717, 1.165) is 22.6 Å². The molecular formula is C25H29FN2O4. The number of hydrogen-bond acceptors (Lipinski definition) is 5. The van der Waals surface area contributed by atoms with Crippen LogP contribution in [-0.2, 0) is 20.8 Å². The van der Waals surface area contributed by atoms with Crippen molar-refractivity contribution < 1.29 is 23.5 Å². The smallest absolute Gasteiger partial charge is 0.226 e. The number of rotatable bonds is 8. The van der Waals surface area contributed by atoms with Crippen LogP contribution in [0.5, 0.6) is 5.75 Å². The number of halogens is 1. The van der Waals surface area contributed by atoms with Crippen LogP contribution in [0.25, 0.3) is 0 Å². The van der Waals surface area contributed by atoms with Gasteiger partial charge in [0, 0.05) is 38.2 Å². The lowest BCUT2D eigenvalue weighted by atomic mass is 9.74. The molecule has 1 atom stereocenters. The van der Waals surface area contributed by atoms with Gasteiger partial charge < -0.3 is 19.6 Å². The summed E-state index contributed by atoms with van der Waals surface area (Å²) in [4.78, 5) is 19.0. The molecule has 1 amide bonds. The molecule has 0 radical (unpaired) electrons. The van der Waals surface area contributed by atoms with Crippen LogP contribution in [0.4, 0.5) is 4.39 Å². The Balaban J connectivity index is 1.37. The largest absolute Gasteiger partial charge is 0.496 e. The van der Waals surface area contributed by atoms with Crippen molar-refractivity contribution in [3.63, 3.8) is 0 Å². The van der Waals surface area contributed by atoms with Crippen LogP contribution in [0.2, 0.25) is 0 Å². The number of para-hydroxylation sites is 1. The minimum atomic E-state index is -0.544. The van der Waals surface area contributed by atoms with E-state index in [1.54, 1.807) is 19.2 Å². The molecule has 2 heterocycles. The van der Waals surface area contributed by atoms with Crippen LogP contribution >= 0.6 is 0 Å². The maximum absolute atomic E-state index is 13.3. The first-order valence-corrected chi connectivity index (χ1v) is 11.1. The van der Waals surface area contributed by atoms with Crippen molar-refractivity contribution in [2.75, 3.05) is 26.9 Å². The molecule has 0 aromatic heterocycles. The lowest BCUT2D eigenvalue weighted by molar-refractivity contribution is -0.140. The first kappa shape index (κ1) is 22.3. The Labute approximate surface area is 187 Å². The van der Waals surface area contributed by atoms with E-state index < -0.39 is 5.41 Å². The van der Waals surface area contributed by atoms with Gasteiger partial charge in [0.1, 0.15) is 17.7 Å². The van der Waals surface area contributed by atoms with Gasteiger partial charge in [0.15, 0.2) is 0 Å². The summed E-state index contributed by atoms with van der Waals surface area (Å²) in [5.41, 5.74) is 2.20. The number of methoxy groups -OCH3 is 1. The minimum Gasteiger partial charge on any atom is -0.496 e.